The second-order valence-electron chi connectivity index (χ2n) is 5.35. The summed E-state index contributed by atoms with van der Waals surface area (Å²) in [6, 6.07) is 14.8. The number of fused-ring (bicyclic) bond motifs is 1. The van der Waals surface area contributed by atoms with Gasteiger partial charge in [-0.1, -0.05) is 35.9 Å². The van der Waals surface area contributed by atoms with Crippen molar-refractivity contribution in [3.63, 3.8) is 0 Å². The van der Waals surface area contributed by atoms with Gasteiger partial charge in [0.15, 0.2) is 6.10 Å². The molecule has 6 heteroatoms. The van der Waals surface area contributed by atoms with E-state index in [-0.39, 0.29) is 5.91 Å². The van der Waals surface area contributed by atoms with Crippen molar-refractivity contribution >= 4 is 34.5 Å². The minimum absolute atomic E-state index is 0.278. The SMILES string of the molecule is CCn1c(NC(=O)C(C)Oc2ccccc2Cl)nc2ccccc21. The Morgan fingerprint density at radius 2 is 1.96 bits per heavy atom. The van der Waals surface area contributed by atoms with Gasteiger partial charge in [-0.2, -0.15) is 0 Å². The van der Waals surface area contributed by atoms with Crippen LogP contribution in [0, 0.1) is 0 Å². The van der Waals surface area contributed by atoms with Crippen LogP contribution in [0.5, 0.6) is 5.75 Å². The number of halogens is 1. The fourth-order valence-corrected chi connectivity index (χ4v) is 2.67. The monoisotopic (exact) mass is 343 g/mol. The lowest BCUT2D eigenvalue weighted by atomic mass is 10.3. The molecule has 1 atom stereocenters. The maximum Gasteiger partial charge on any atom is 0.267 e. The van der Waals surface area contributed by atoms with Crippen LogP contribution in [0.25, 0.3) is 11.0 Å². The molecular formula is C18H18ClN3O2. The number of para-hydroxylation sites is 3. The number of nitrogens with one attached hydrogen (secondary N) is 1. The fourth-order valence-electron chi connectivity index (χ4n) is 2.49. The summed E-state index contributed by atoms with van der Waals surface area (Å²) >= 11 is 6.06. The molecule has 0 saturated heterocycles. The van der Waals surface area contributed by atoms with Gasteiger partial charge in [0.2, 0.25) is 5.95 Å². The third kappa shape index (κ3) is 3.21. The third-order valence-electron chi connectivity index (χ3n) is 3.72. The second kappa shape index (κ2) is 6.93. The van der Waals surface area contributed by atoms with E-state index in [2.05, 4.69) is 10.3 Å². The maximum absolute atomic E-state index is 12.4. The summed E-state index contributed by atoms with van der Waals surface area (Å²) in [5.41, 5.74) is 1.82. The van der Waals surface area contributed by atoms with Gasteiger partial charge in [0.05, 0.1) is 16.1 Å². The number of ether oxygens (including phenoxy) is 1. The molecule has 2 aromatic carbocycles. The standard InChI is InChI=1S/C18H18ClN3O2/c1-3-22-15-10-6-5-9-14(15)20-18(22)21-17(23)12(2)24-16-11-7-4-8-13(16)19/h4-12H,3H2,1-2H3,(H,20,21,23). The van der Waals surface area contributed by atoms with E-state index in [1.807, 2.05) is 47.9 Å². The van der Waals surface area contributed by atoms with Crippen molar-refractivity contribution in [2.45, 2.75) is 26.5 Å². The molecule has 5 nitrogen and oxygen atoms in total. The van der Waals surface area contributed by atoms with Crippen molar-refractivity contribution in [2.24, 2.45) is 0 Å². The van der Waals surface area contributed by atoms with E-state index in [1.54, 1.807) is 19.1 Å². The Labute approximate surface area is 145 Å². The molecule has 1 heterocycles. The van der Waals surface area contributed by atoms with Crippen LogP contribution in [0.2, 0.25) is 5.02 Å². The first-order valence-electron chi connectivity index (χ1n) is 7.77. The number of carbonyl (C=O) groups excluding carboxylic acids is 1. The Balaban J connectivity index is 1.78. The lowest BCUT2D eigenvalue weighted by molar-refractivity contribution is -0.122. The average Bonchev–Trinajstić information content (AvgIpc) is 2.93. The molecule has 1 N–H and O–H groups in total. The summed E-state index contributed by atoms with van der Waals surface area (Å²) in [4.78, 5) is 16.9. The molecule has 0 aliphatic heterocycles. The van der Waals surface area contributed by atoms with Crippen LogP contribution in [0.3, 0.4) is 0 Å². The highest BCUT2D eigenvalue weighted by molar-refractivity contribution is 6.32. The van der Waals surface area contributed by atoms with Crippen molar-refractivity contribution in [3.8, 4) is 5.75 Å². The molecule has 0 spiro atoms. The van der Waals surface area contributed by atoms with E-state index in [0.29, 0.717) is 23.3 Å². The highest BCUT2D eigenvalue weighted by Crippen LogP contribution is 2.25. The molecule has 0 aliphatic carbocycles. The molecule has 3 aromatic rings. The van der Waals surface area contributed by atoms with Gasteiger partial charge in [0.25, 0.3) is 5.91 Å². The Bertz CT molecular complexity index is 876. The second-order valence-corrected chi connectivity index (χ2v) is 5.76. The van der Waals surface area contributed by atoms with E-state index in [0.717, 1.165) is 11.0 Å². The Morgan fingerprint density at radius 1 is 1.25 bits per heavy atom. The quantitative estimate of drug-likeness (QED) is 0.758. The molecule has 0 fully saturated rings. The van der Waals surface area contributed by atoms with Crippen molar-refractivity contribution < 1.29 is 9.53 Å². The number of aryl methyl sites for hydroxylation is 1. The number of carbonyl (C=O) groups is 1. The lowest BCUT2D eigenvalue weighted by Gasteiger charge is -2.15. The first-order valence-corrected chi connectivity index (χ1v) is 8.15. The van der Waals surface area contributed by atoms with Crippen LogP contribution in [0.1, 0.15) is 13.8 Å². The average molecular weight is 344 g/mol. The van der Waals surface area contributed by atoms with Crippen molar-refractivity contribution in [2.75, 3.05) is 5.32 Å². The zero-order valence-corrected chi connectivity index (χ0v) is 14.2. The lowest BCUT2D eigenvalue weighted by Crippen LogP contribution is -2.31. The number of hydrogen-bond donors (Lipinski definition) is 1. The minimum atomic E-state index is -0.699. The summed E-state index contributed by atoms with van der Waals surface area (Å²) in [6.45, 7) is 4.39. The summed E-state index contributed by atoms with van der Waals surface area (Å²) in [5.74, 6) is 0.712. The number of anilines is 1. The van der Waals surface area contributed by atoms with Crippen molar-refractivity contribution in [1.82, 2.24) is 9.55 Å². The van der Waals surface area contributed by atoms with Gasteiger partial charge in [-0.15, -0.1) is 0 Å². The molecule has 3 rings (SSSR count). The number of rotatable bonds is 5. The summed E-state index contributed by atoms with van der Waals surface area (Å²) in [6.07, 6.45) is -0.699. The Hall–Kier alpha value is -2.53. The zero-order valence-electron chi connectivity index (χ0n) is 13.5. The highest BCUT2D eigenvalue weighted by atomic mass is 35.5. The van der Waals surface area contributed by atoms with Crippen molar-refractivity contribution in [3.05, 3.63) is 53.6 Å². The normalized spacial score (nSPS) is 12.1. The molecule has 124 valence electrons. The predicted molar refractivity (Wildman–Crippen MR) is 95.6 cm³/mol. The van der Waals surface area contributed by atoms with E-state index in [4.69, 9.17) is 16.3 Å². The first kappa shape index (κ1) is 16.3. The molecule has 24 heavy (non-hydrogen) atoms. The number of imidazole rings is 1. The third-order valence-corrected chi connectivity index (χ3v) is 4.03. The summed E-state index contributed by atoms with van der Waals surface area (Å²) in [5, 5.41) is 3.31. The molecule has 1 unspecified atom stereocenters. The smallest absolute Gasteiger partial charge is 0.267 e. The highest BCUT2D eigenvalue weighted by Gasteiger charge is 2.19. The number of nitrogens with zero attached hydrogens (tertiary/aromatic N) is 2. The van der Waals surface area contributed by atoms with Crippen LogP contribution < -0.4 is 10.1 Å². The molecule has 0 saturated carbocycles. The Morgan fingerprint density at radius 3 is 2.71 bits per heavy atom. The predicted octanol–water partition coefficient (Wildman–Crippen LogP) is 4.12. The van der Waals surface area contributed by atoms with Gasteiger partial charge in [-0.05, 0) is 38.1 Å². The molecule has 0 radical (unpaired) electrons. The first-order chi connectivity index (χ1) is 11.6. The minimum Gasteiger partial charge on any atom is -0.479 e. The molecule has 1 aromatic heterocycles. The van der Waals surface area contributed by atoms with Gasteiger partial charge >= 0.3 is 0 Å². The summed E-state index contributed by atoms with van der Waals surface area (Å²) < 4.78 is 7.60. The Kier molecular flexibility index (Phi) is 4.71. The number of aromatic nitrogens is 2. The van der Waals surface area contributed by atoms with Crippen LogP contribution in [0.4, 0.5) is 5.95 Å². The van der Waals surface area contributed by atoms with Gasteiger partial charge in [-0.3, -0.25) is 10.1 Å². The van der Waals surface area contributed by atoms with Crippen molar-refractivity contribution in [1.29, 1.82) is 0 Å². The number of amides is 1. The molecule has 0 aliphatic rings. The summed E-state index contributed by atoms with van der Waals surface area (Å²) in [7, 11) is 0. The van der Waals surface area contributed by atoms with Crippen LogP contribution in [0.15, 0.2) is 48.5 Å². The van der Waals surface area contributed by atoms with Gasteiger partial charge in [0.1, 0.15) is 5.75 Å². The maximum atomic E-state index is 12.4. The zero-order chi connectivity index (χ0) is 17.1. The van der Waals surface area contributed by atoms with Gasteiger partial charge in [0, 0.05) is 6.54 Å². The van der Waals surface area contributed by atoms with Gasteiger partial charge < -0.3 is 9.30 Å². The molecule has 0 bridgehead atoms. The fraction of sp³-hybridized carbons (Fsp3) is 0.222. The number of benzene rings is 2. The van der Waals surface area contributed by atoms with E-state index >= 15 is 0 Å². The van der Waals surface area contributed by atoms with Crippen LogP contribution in [-0.2, 0) is 11.3 Å². The number of hydrogen-bond acceptors (Lipinski definition) is 3. The van der Waals surface area contributed by atoms with E-state index in [9.17, 15) is 4.79 Å². The van der Waals surface area contributed by atoms with Crippen LogP contribution in [-0.4, -0.2) is 21.6 Å². The van der Waals surface area contributed by atoms with Crippen LogP contribution >= 0.6 is 11.6 Å². The topological polar surface area (TPSA) is 56.2 Å². The molecule has 1 amide bonds. The van der Waals surface area contributed by atoms with E-state index < -0.39 is 6.10 Å². The molecular weight excluding hydrogens is 326 g/mol. The van der Waals surface area contributed by atoms with E-state index in [1.165, 1.54) is 0 Å². The largest absolute Gasteiger partial charge is 0.479 e. The van der Waals surface area contributed by atoms with Gasteiger partial charge in [-0.25, -0.2) is 4.98 Å².